The molecular weight excluding hydrogens is 569 g/mol. The van der Waals surface area contributed by atoms with Crippen molar-refractivity contribution in [3.63, 3.8) is 0 Å². The van der Waals surface area contributed by atoms with E-state index in [1.165, 1.54) is 0 Å². The fourth-order valence-electron chi connectivity index (χ4n) is 5.58. The molecule has 1 heteroatoms. The van der Waals surface area contributed by atoms with Crippen LogP contribution >= 0.6 is 0 Å². The lowest BCUT2D eigenvalue weighted by Crippen LogP contribution is -1.92. The molecule has 0 N–H and O–H groups in total. The predicted octanol–water partition coefficient (Wildman–Crippen LogP) is 13.2. The third kappa shape index (κ3) is 4.10. The quantitative estimate of drug-likeness (QED) is 0.178. The average molecular weight is 625 g/mol. The van der Waals surface area contributed by atoms with Gasteiger partial charge in [0.2, 0.25) is 0 Å². The Kier molecular flexibility index (Phi) is 2.31. The minimum absolute atomic E-state index is 0.421. The van der Waals surface area contributed by atoms with Crippen LogP contribution in [-0.4, -0.2) is 0 Å². The van der Waals surface area contributed by atoms with Crippen LogP contribution in [0.4, 0.5) is 0 Å². The van der Waals surface area contributed by atoms with Crippen molar-refractivity contribution >= 4 is 65.0 Å². The minimum atomic E-state index is -1.11. The van der Waals surface area contributed by atoms with E-state index in [1.807, 2.05) is 0 Å². The van der Waals surface area contributed by atoms with E-state index in [0.29, 0.717) is 0 Å². The maximum absolute atomic E-state index is 10.2. The molecule has 0 saturated heterocycles. The molecule has 1 heterocycles. The molecule has 0 spiro atoms. The molecule has 10 aromatic rings. The molecule has 10 rings (SSSR count). The van der Waals surface area contributed by atoms with E-state index in [2.05, 4.69) is 0 Å². The zero-order valence-electron chi connectivity index (χ0n) is 51.4. The smallest absolute Gasteiger partial charge is 0.136 e. The summed E-state index contributed by atoms with van der Waals surface area (Å²) in [6.45, 7) is 0. The highest BCUT2D eigenvalue weighted by Gasteiger charge is 2.19. The first-order valence-electron chi connectivity index (χ1n) is 27.9. The van der Waals surface area contributed by atoms with Crippen LogP contribution in [0.15, 0.2) is 174 Å². The Morgan fingerprint density at radius 1 is 0.298 bits per heavy atom. The zero-order valence-corrected chi connectivity index (χ0v) is 23.4. The van der Waals surface area contributed by atoms with Gasteiger partial charge >= 0.3 is 0 Å². The van der Waals surface area contributed by atoms with Crippen molar-refractivity contribution in [2.24, 2.45) is 0 Å². The number of para-hydroxylation sites is 1. The van der Waals surface area contributed by atoms with Crippen LogP contribution in [0.5, 0.6) is 0 Å². The summed E-state index contributed by atoms with van der Waals surface area (Å²) < 4.78 is 259. The normalized spacial score (nSPS) is 20.2. The Balaban J connectivity index is 1.57. The van der Waals surface area contributed by atoms with Gasteiger partial charge < -0.3 is 4.42 Å². The minimum Gasteiger partial charge on any atom is -0.456 e. The third-order valence-corrected chi connectivity index (χ3v) is 7.64. The van der Waals surface area contributed by atoms with Crippen molar-refractivity contribution < 1.29 is 42.8 Å². The average Bonchev–Trinajstić information content (AvgIpc) is 3.84. The van der Waals surface area contributed by atoms with Gasteiger partial charge in [-0.3, -0.25) is 0 Å². The van der Waals surface area contributed by atoms with Crippen LogP contribution in [0.3, 0.4) is 0 Å². The van der Waals surface area contributed by atoms with Gasteiger partial charge in [0.25, 0.3) is 0 Å². The summed E-state index contributed by atoms with van der Waals surface area (Å²) >= 11 is 0. The number of rotatable bonds is 3. The zero-order chi connectivity index (χ0) is 55.3. The Morgan fingerprint density at radius 3 is 1.49 bits per heavy atom. The van der Waals surface area contributed by atoms with E-state index in [4.69, 9.17) is 26.3 Å². The van der Waals surface area contributed by atoms with E-state index in [9.17, 15) is 16.4 Å². The molecule has 0 unspecified atom stereocenters. The molecule has 0 saturated carbocycles. The Labute approximate surface area is 311 Å². The number of fused-ring (bicyclic) bond motifs is 7. The van der Waals surface area contributed by atoms with Crippen molar-refractivity contribution in [2.45, 2.75) is 0 Å². The van der Waals surface area contributed by atoms with Gasteiger partial charge in [0.05, 0.1) is 38.4 Å². The first-order valence-corrected chi connectivity index (χ1v) is 13.9. The van der Waals surface area contributed by atoms with Gasteiger partial charge in [-0.15, -0.1) is 0 Å². The first kappa shape index (κ1) is 10.7. The summed E-state index contributed by atoms with van der Waals surface area (Å²) in [7, 11) is 0. The fourth-order valence-corrected chi connectivity index (χ4v) is 5.58. The lowest BCUT2D eigenvalue weighted by molar-refractivity contribution is 0.669. The van der Waals surface area contributed by atoms with E-state index in [0.717, 1.165) is 0 Å². The van der Waals surface area contributed by atoms with Crippen LogP contribution < -0.4 is 0 Å². The maximum atomic E-state index is 10.2. The SMILES string of the molecule is [2H]c1c([2H])c([2H])c2c(oc3c([2H])c(-c4c5c([2H])c([2H])c([2H])c([2H])c5c(-c5c([2H])c([2H])c6c([2H])c([2H])c([2H])c([2H])c6c5[2H])c5c([2H])c([2H])c(-c6c([2H])c([2H])c7c([2H])c([2H])c([2H])c([2H])c7c6[2H])c([2H])c45)c([2H])c([2H])c32)c1[2H]. The molecule has 9 aromatic carbocycles. The van der Waals surface area contributed by atoms with E-state index in [1.54, 1.807) is 0 Å². The summed E-state index contributed by atoms with van der Waals surface area (Å²) in [5.41, 5.74) is -6.23. The molecule has 0 radical (unpaired) electrons. The van der Waals surface area contributed by atoms with Gasteiger partial charge in [-0.2, -0.15) is 0 Å². The monoisotopic (exact) mass is 624 g/mol. The molecule has 0 atom stereocenters. The third-order valence-electron chi connectivity index (χ3n) is 7.64. The van der Waals surface area contributed by atoms with Crippen molar-refractivity contribution in [3.8, 4) is 33.4 Å². The summed E-state index contributed by atoms with van der Waals surface area (Å²) in [5.74, 6) is 0. The largest absolute Gasteiger partial charge is 0.456 e. The van der Waals surface area contributed by atoms with Crippen LogP contribution in [0.1, 0.15) is 38.4 Å². The highest BCUT2D eigenvalue weighted by atomic mass is 16.3. The standard InChI is InChI=1S/C46H28O/c1-3-11-31-25-33(19-17-29(31)9-1)34-21-24-41-42(27-34)46(36-22-23-38-37-13-7-8-16-43(37)47-44(38)28-36)40-15-6-5-14-39(40)45(41)35-20-18-30-10-2-4-12-32(30)26-35/h1-28H/i1D,2D,3D,4D,5D,6D,7D,8D,9D,10D,11D,12D,13D,14D,15D,16D,17D,18D,19D,20D,21D,22D,23D,24D,25D,26D,27D,28D. The second kappa shape index (κ2) is 10.2. The van der Waals surface area contributed by atoms with Crippen molar-refractivity contribution in [3.05, 3.63) is 169 Å². The fraction of sp³-hybridized carbons (Fsp3) is 0. The summed E-state index contributed by atoms with van der Waals surface area (Å²) in [4.78, 5) is 0. The van der Waals surface area contributed by atoms with E-state index in [-0.39, 0.29) is 0 Å². The van der Waals surface area contributed by atoms with Gasteiger partial charge in [-0.05, 0) is 113 Å². The van der Waals surface area contributed by atoms with Gasteiger partial charge in [-0.25, -0.2) is 0 Å². The van der Waals surface area contributed by atoms with Gasteiger partial charge in [0, 0.05) is 10.8 Å². The van der Waals surface area contributed by atoms with Crippen LogP contribution in [-0.2, 0) is 0 Å². The van der Waals surface area contributed by atoms with Crippen molar-refractivity contribution in [1.82, 2.24) is 0 Å². The van der Waals surface area contributed by atoms with E-state index >= 15 is 0 Å². The highest BCUT2D eigenvalue weighted by molar-refractivity contribution is 6.23. The highest BCUT2D eigenvalue weighted by Crippen LogP contribution is 2.46. The molecule has 0 fully saturated rings. The molecular formula is C46H28O. The molecule has 0 bridgehead atoms. The second-order valence-corrected chi connectivity index (χ2v) is 10.3. The van der Waals surface area contributed by atoms with Gasteiger partial charge in [0.15, 0.2) is 0 Å². The first-order chi connectivity index (χ1) is 35.0. The number of benzene rings is 9. The molecule has 0 aliphatic rings. The van der Waals surface area contributed by atoms with E-state index < -0.39 is 268 Å². The topological polar surface area (TPSA) is 13.1 Å². The number of hydrogen-bond donors (Lipinski definition) is 0. The van der Waals surface area contributed by atoms with Crippen molar-refractivity contribution in [1.29, 1.82) is 0 Å². The Morgan fingerprint density at radius 2 is 0.745 bits per heavy atom. The van der Waals surface area contributed by atoms with Crippen LogP contribution in [0, 0.1) is 0 Å². The summed E-state index contributed by atoms with van der Waals surface area (Å²) in [6, 6.07) is -25.9. The molecule has 0 amide bonds. The molecule has 0 aliphatic heterocycles. The lowest BCUT2D eigenvalue weighted by Gasteiger charge is -2.19. The second-order valence-electron chi connectivity index (χ2n) is 10.3. The van der Waals surface area contributed by atoms with Crippen LogP contribution in [0.2, 0.25) is 0 Å². The molecule has 1 aromatic heterocycles. The Hall–Kier alpha value is -6.18. The lowest BCUT2D eigenvalue weighted by atomic mass is 9.84. The Bertz CT molecular complexity index is 4440. The predicted molar refractivity (Wildman–Crippen MR) is 200 cm³/mol. The van der Waals surface area contributed by atoms with Gasteiger partial charge in [-0.1, -0.05) is 133 Å². The van der Waals surface area contributed by atoms with Gasteiger partial charge in [0.1, 0.15) is 11.2 Å². The molecule has 1 nitrogen and oxygen atoms in total. The molecule has 0 aliphatic carbocycles. The van der Waals surface area contributed by atoms with Crippen LogP contribution in [0.25, 0.3) is 98.4 Å². The maximum Gasteiger partial charge on any atom is 0.136 e. The molecule has 47 heavy (non-hydrogen) atoms. The molecule has 218 valence electrons. The summed E-state index contributed by atoms with van der Waals surface area (Å²) in [6.07, 6.45) is 0. The van der Waals surface area contributed by atoms with Crippen molar-refractivity contribution in [2.75, 3.05) is 0 Å². The summed E-state index contributed by atoms with van der Waals surface area (Å²) in [5, 5.41) is -6.63. The number of hydrogen-bond acceptors (Lipinski definition) is 1. The number of furan rings is 1.